The van der Waals surface area contributed by atoms with Crippen molar-refractivity contribution < 1.29 is 0 Å². The minimum absolute atomic E-state index is 0.547. The molecule has 0 saturated carbocycles. The number of likely N-dealkylation sites (N-methyl/N-ethyl adjacent to an activating group) is 1. The summed E-state index contributed by atoms with van der Waals surface area (Å²) in [4.78, 5) is 6.61. The summed E-state index contributed by atoms with van der Waals surface area (Å²) in [6.45, 7) is 8.09. The number of pyridine rings is 1. The molecule has 1 heterocycles. The second-order valence-electron chi connectivity index (χ2n) is 3.90. The summed E-state index contributed by atoms with van der Waals surface area (Å²) in [5, 5.41) is 0. The highest BCUT2D eigenvalue weighted by Crippen LogP contribution is 2.03. The maximum absolute atomic E-state index is 5.50. The van der Waals surface area contributed by atoms with E-state index in [4.69, 9.17) is 5.73 Å². The third-order valence-corrected chi connectivity index (χ3v) is 2.16. The van der Waals surface area contributed by atoms with Crippen molar-refractivity contribution in [2.45, 2.75) is 13.5 Å². The quantitative estimate of drug-likeness (QED) is 0.738. The van der Waals surface area contributed by atoms with Gasteiger partial charge in [-0.2, -0.15) is 0 Å². The Hall–Kier alpha value is -1.19. The van der Waals surface area contributed by atoms with Gasteiger partial charge in [0.05, 0.1) is 5.69 Å². The number of hydrogen-bond acceptors (Lipinski definition) is 3. The van der Waals surface area contributed by atoms with Gasteiger partial charge in [-0.1, -0.05) is 12.6 Å². The van der Waals surface area contributed by atoms with Crippen LogP contribution >= 0.6 is 0 Å². The minimum atomic E-state index is 0.547. The molecule has 0 aliphatic carbocycles. The predicted molar refractivity (Wildman–Crippen MR) is 63.5 cm³/mol. The van der Waals surface area contributed by atoms with Crippen molar-refractivity contribution in [2.75, 3.05) is 20.1 Å². The first-order valence-corrected chi connectivity index (χ1v) is 5.09. The van der Waals surface area contributed by atoms with E-state index in [-0.39, 0.29) is 0 Å². The van der Waals surface area contributed by atoms with Crippen LogP contribution in [-0.2, 0) is 6.54 Å². The van der Waals surface area contributed by atoms with Gasteiger partial charge in [-0.3, -0.25) is 9.88 Å². The number of aryl methyl sites for hydroxylation is 1. The van der Waals surface area contributed by atoms with Gasteiger partial charge in [-0.15, -0.1) is 0 Å². The molecule has 0 saturated heterocycles. The van der Waals surface area contributed by atoms with E-state index in [0.29, 0.717) is 6.54 Å². The zero-order valence-corrected chi connectivity index (χ0v) is 9.53. The maximum atomic E-state index is 5.50. The van der Waals surface area contributed by atoms with Crippen molar-refractivity contribution in [1.29, 1.82) is 0 Å². The lowest BCUT2D eigenvalue weighted by Gasteiger charge is -2.17. The second kappa shape index (κ2) is 5.63. The molecule has 0 fully saturated rings. The minimum Gasteiger partial charge on any atom is -0.327 e. The van der Waals surface area contributed by atoms with Gasteiger partial charge in [0.15, 0.2) is 0 Å². The van der Waals surface area contributed by atoms with Gasteiger partial charge >= 0.3 is 0 Å². The zero-order valence-electron chi connectivity index (χ0n) is 9.53. The molecule has 0 radical (unpaired) electrons. The Labute approximate surface area is 91.6 Å². The van der Waals surface area contributed by atoms with Crippen molar-refractivity contribution in [3.8, 4) is 0 Å². The van der Waals surface area contributed by atoms with Crippen LogP contribution in [0.4, 0.5) is 0 Å². The van der Waals surface area contributed by atoms with Gasteiger partial charge in [0.25, 0.3) is 0 Å². The lowest BCUT2D eigenvalue weighted by Crippen LogP contribution is -2.23. The molecule has 15 heavy (non-hydrogen) atoms. The van der Waals surface area contributed by atoms with Crippen LogP contribution in [0.25, 0.3) is 0 Å². The van der Waals surface area contributed by atoms with Gasteiger partial charge in [-0.05, 0) is 31.7 Å². The largest absolute Gasteiger partial charge is 0.327 e. The summed E-state index contributed by atoms with van der Waals surface area (Å²) in [7, 11) is 2.05. The van der Waals surface area contributed by atoms with Gasteiger partial charge in [0.1, 0.15) is 0 Å². The summed E-state index contributed by atoms with van der Waals surface area (Å²) >= 11 is 0. The van der Waals surface area contributed by atoms with Crippen molar-refractivity contribution in [2.24, 2.45) is 5.73 Å². The molecule has 1 aromatic heterocycles. The molecule has 0 atom stereocenters. The molecule has 3 heteroatoms. The number of aromatic nitrogens is 1. The molecule has 0 aliphatic heterocycles. The zero-order chi connectivity index (χ0) is 11.3. The van der Waals surface area contributed by atoms with Gasteiger partial charge in [0, 0.05) is 25.3 Å². The van der Waals surface area contributed by atoms with Crippen LogP contribution in [0.2, 0.25) is 0 Å². The molecular weight excluding hydrogens is 186 g/mol. The second-order valence-corrected chi connectivity index (χ2v) is 3.90. The molecule has 1 aromatic rings. The molecule has 0 bridgehead atoms. The van der Waals surface area contributed by atoms with E-state index in [0.717, 1.165) is 30.1 Å². The Kier molecular flexibility index (Phi) is 4.46. The predicted octanol–water partition coefficient (Wildman–Crippen LogP) is 1.34. The number of rotatable bonds is 5. The topological polar surface area (TPSA) is 42.1 Å². The van der Waals surface area contributed by atoms with Crippen molar-refractivity contribution in [3.63, 3.8) is 0 Å². The standard InChI is InChI=1S/C12H19N3/c1-10(7-13)8-15(3)9-12-6-4-5-11(2)14-12/h4-6H,1,7-9,13H2,2-3H3. The smallest absolute Gasteiger partial charge is 0.0547 e. The average molecular weight is 205 g/mol. The van der Waals surface area contributed by atoms with Crippen molar-refractivity contribution in [3.05, 3.63) is 41.7 Å². The number of nitrogens with zero attached hydrogens (tertiary/aromatic N) is 2. The fourth-order valence-electron chi connectivity index (χ4n) is 1.47. The molecule has 1 rings (SSSR count). The highest BCUT2D eigenvalue weighted by molar-refractivity contribution is 5.10. The molecule has 3 nitrogen and oxygen atoms in total. The SMILES string of the molecule is C=C(CN)CN(C)Cc1cccc(C)n1. The van der Waals surface area contributed by atoms with E-state index >= 15 is 0 Å². The number of nitrogens with two attached hydrogens (primary N) is 1. The van der Waals surface area contributed by atoms with Crippen LogP contribution in [0, 0.1) is 6.92 Å². The van der Waals surface area contributed by atoms with Crippen LogP contribution in [0.3, 0.4) is 0 Å². The van der Waals surface area contributed by atoms with Crippen molar-refractivity contribution in [1.82, 2.24) is 9.88 Å². The molecule has 0 spiro atoms. The summed E-state index contributed by atoms with van der Waals surface area (Å²) in [5.74, 6) is 0. The van der Waals surface area contributed by atoms with E-state index < -0.39 is 0 Å². The molecular formula is C12H19N3. The summed E-state index contributed by atoms with van der Waals surface area (Å²) in [6.07, 6.45) is 0. The van der Waals surface area contributed by atoms with Crippen LogP contribution < -0.4 is 5.73 Å². The number of hydrogen-bond donors (Lipinski definition) is 1. The Bertz CT molecular complexity index is 333. The van der Waals surface area contributed by atoms with Crippen molar-refractivity contribution >= 4 is 0 Å². The lowest BCUT2D eigenvalue weighted by molar-refractivity contribution is 0.349. The van der Waals surface area contributed by atoms with Gasteiger partial charge in [0.2, 0.25) is 0 Å². The Morgan fingerprint density at radius 2 is 2.27 bits per heavy atom. The van der Waals surface area contributed by atoms with Gasteiger partial charge < -0.3 is 5.73 Å². The fraction of sp³-hybridized carbons (Fsp3) is 0.417. The van der Waals surface area contributed by atoms with Crippen LogP contribution in [0.15, 0.2) is 30.4 Å². The third-order valence-electron chi connectivity index (χ3n) is 2.16. The summed E-state index contributed by atoms with van der Waals surface area (Å²) in [5.41, 5.74) is 8.68. The average Bonchev–Trinajstić information content (AvgIpc) is 2.17. The van der Waals surface area contributed by atoms with E-state index in [1.165, 1.54) is 0 Å². The molecule has 82 valence electrons. The highest BCUT2D eigenvalue weighted by Gasteiger charge is 2.02. The van der Waals surface area contributed by atoms with Crippen LogP contribution in [0.5, 0.6) is 0 Å². The molecule has 0 aliphatic rings. The van der Waals surface area contributed by atoms with E-state index in [1.54, 1.807) is 0 Å². The lowest BCUT2D eigenvalue weighted by atomic mass is 10.2. The van der Waals surface area contributed by atoms with E-state index in [1.807, 2.05) is 32.2 Å². The summed E-state index contributed by atoms with van der Waals surface area (Å²) < 4.78 is 0. The molecule has 0 aromatic carbocycles. The monoisotopic (exact) mass is 205 g/mol. The Morgan fingerprint density at radius 1 is 1.53 bits per heavy atom. The third kappa shape index (κ3) is 4.23. The first-order valence-electron chi connectivity index (χ1n) is 5.09. The van der Waals surface area contributed by atoms with Crippen LogP contribution in [-0.4, -0.2) is 30.0 Å². The normalized spacial score (nSPS) is 10.7. The Morgan fingerprint density at radius 3 is 2.87 bits per heavy atom. The Balaban J connectivity index is 2.51. The van der Waals surface area contributed by atoms with E-state index in [9.17, 15) is 0 Å². The molecule has 0 amide bonds. The fourth-order valence-corrected chi connectivity index (χ4v) is 1.47. The molecule has 2 N–H and O–H groups in total. The first kappa shape index (κ1) is 11.9. The first-order chi connectivity index (χ1) is 7.11. The highest BCUT2D eigenvalue weighted by atomic mass is 15.1. The van der Waals surface area contributed by atoms with Gasteiger partial charge in [-0.25, -0.2) is 0 Å². The summed E-state index contributed by atoms with van der Waals surface area (Å²) in [6, 6.07) is 6.07. The maximum Gasteiger partial charge on any atom is 0.0547 e. The molecule has 0 unspecified atom stereocenters. The van der Waals surface area contributed by atoms with E-state index in [2.05, 4.69) is 16.5 Å². The van der Waals surface area contributed by atoms with Crippen LogP contribution in [0.1, 0.15) is 11.4 Å².